The summed E-state index contributed by atoms with van der Waals surface area (Å²) in [5, 5.41) is 8.50. The Morgan fingerprint density at radius 2 is 1.93 bits per heavy atom. The third-order valence-corrected chi connectivity index (χ3v) is 4.98. The van der Waals surface area contributed by atoms with Gasteiger partial charge in [-0.25, -0.2) is 0 Å². The van der Waals surface area contributed by atoms with E-state index in [1.54, 1.807) is 4.57 Å². The lowest BCUT2D eigenvalue weighted by molar-refractivity contribution is 0.0971. The number of nitrogens with zero attached hydrogens (tertiary/aromatic N) is 2. The van der Waals surface area contributed by atoms with Crippen LogP contribution in [0.15, 0.2) is 48.5 Å². The van der Waals surface area contributed by atoms with Crippen molar-refractivity contribution in [3.63, 3.8) is 0 Å². The standard InChI is InChI=1S/C22H26BN3O/c1-4-5-6-8-17-9-7-10-19-21(17)25(3)22(24)26(19)15-20(27)16-11-13-18(23-2)14-12-16/h6-14,23-24H,4-5,15H2,1-3H3/b8-6+,24-22?. The predicted octanol–water partition coefficient (Wildman–Crippen LogP) is 3.27. The molecule has 1 heterocycles. The number of carbonyl (C=O) groups is 1. The number of para-hydroxylation sites is 1. The van der Waals surface area contributed by atoms with Gasteiger partial charge in [0.25, 0.3) is 0 Å². The summed E-state index contributed by atoms with van der Waals surface area (Å²) in [5.74, 6) is 0.0237. The van der Waals surface area contributed by atoms with Crippen LogP contribution in [0.5, 0.6) is 0 Å². The van der Waals surface area contributed by atoms with E-state index < -0.39 is 0 Å². The number of hydrogen-bond acceptors (Lipinski definition) is 2. The van der Waals surface area contributed by atoms with Crippen molar-refractivity contribution in [1.29, 1.82) is 5.41 Å². The number of ketones is 1. The fourth-order valence-electron chi connectivity index (χ4n) is 3.37. The van der Waals surface area contributed by atoms with Crippen LogP contribution in [-0.2, 0) is 13.6 Å². The molecule has 138 valence electrons. The third kappa shape index (κ3) is 3.82. The van der Waals surface area contributed by atoms with Crippen molar-refractivity contribution in [3.05, 3.63) is 65.3 Å². The molecule has 0 spiro atoms. The zero-order valence-electron chi connectivity index (χ0n) is 16.3. The third-order valence-electron chi connectivity index (χ3n) is 4.98. The van der Waals surface area contributed by atoms with Gasteiger partial charge in [0.05, 0.1) is 17.6 Å². The topological polar surface area (TPSA) is 50.8 Å². The summed E-state index contributed by atoms with van der Waals surface area (Å²) in [6, 6.07) is 13.8. The van der Waals surface area contributed by atoms with Gasteiger partial charge < -0.3 is 9.13 Å². The Morgan fingerprint density at radius 3 is 2.59 bits per heavy atom. The molecule has 0 aliphatic heterocycles. The number of imidazole rings is 1. The van der Waals surface area contributed by atoms with Gasteiger partial charge in [-0.05, 0) is 12.5 Å². The van der Waals surface area contributed by atoms with Crippen LogP contribution >= 0.6 is 0 Å². The molecule has 3 aromatic rings. The molecule has 0 bridgehead atoms. The molecule has 5 heteroatoms. The van der Waals surface area contributed by atoms with Crippen molar-refractivity contribution < 1.29 is 4.79 Å². The monoisotopic (exact) mass is 359 g/mol. The highest BCUT2D eigenvalue weighted by atomic mass is 16.1. The molecule has 0 atom stereocenters. The number of benzene rings is 2. The minimum Gasteiger partial charge on any atom is -0.313 e. The zero-order valence-corrected chi connectivity index (χ0v) is 16.3. The van der Waals surface area contributed by atoms with Crippen molar-refractivity contribution >= 4 is 35.6 Å². The van der Waals surface area contributed by atoms with E-state index in [0.29, 0.717) is 11.2 Å². The number of aromatic nitrogens is 2. The second-order valence-electron chi connectivity index (χ2n) is 6.85. The maximum Gasteiger partial charge on any atom is 0.203 e. The number of fused-ring (bicyclic) bond motifs is 1. The molecule has 1 N–H and O–H groups in total. The first-order valence-electron chi connectivity index (χ1n) is 9.58. The van der Waals surface area contributed by atoms with Crippen LogP contribution in [0.25, 0.3) is 17.1 Å². The molecule has 0 saturated heterocycles. The van der Waals surface area contributed by atoms with Gasteiger partial charge in [0.1, 0.15) is 0 Å². The first-order valence-corrected chi connectivity index (χ1v) is 9.58. The molecule has 0 radical (unpaired) electrons. The number of carbonyl (C=O) groups excluding carboxylic acids is 1. The van der Waals surface area contributed by atoms with E-state index in [2.05, 4.69) is 32.0 Å². The molecule has 3 rings (SSSR count). The summed E-state index contributed by atoms with van der Waals surface area (Å²) >= 11 is 0. The number of aryl methyl sites for hydroxylation is 1. The summed E-state index contributed by atoms with van der Waals surface area (Å²) in [5.41, 5.74) is 5.23. The summed E-state index contributed by atoms with van der Waals surface area (Å²) in [7, 11) is 2.84. The van der Waals surface area contributed by atoms with E-state index in [-0.39, 0.29) is 12.3 Å². The molecule has 2 aromatic carbocycles. The van der Waals surface area contributed by atoms with E-state index >= 15 is 0 Å². The summed E-state index contributed by atoms with van der Waals surface area (Å²) in [6.45, 7) is 4.42. The van der Waals surface area contributed by atoms with E-state index in [1.165, 1.54) is 5.46 Å². The average Bonchev–Trinajstić information content (AvgIpc) is 2.94. The van der Waals surface area contributed by atoms with Crippen LogP contribution in [0.3, 0.4) is 0 Å². The van der Waals surface area contributed by atoms with Gasteiger partial charge in [-0.2, -0.15) is 0 Å². The van der Waals surface area contributed by atoms with Gasteiger partial charge in [-0.15, -0.1) is 0 Å². The van der Waals surface area contributed by atoms with Crippen molar-refractivity contribution in [1.82, 2.24) is 9.13 Å². The second kappa shape index (κ2) is 8.25. The highest BCUT2D eigenvalue weighted by molar-refractivity contribution is 6.51. The van der Waals surface area contributed by atoms with Gasteiger partial charge >= 0.3 is 0 Å². The van der Waals surface area contributed by atoms with Crippen molar-refractivity contribution in [2.24, 2.45) is 7.05 Å². The lowest BCUT2D eigenvalue weighted by Crippen LogP contribution is -2.26. The first kappa shape index (κ1) is 19.0. The fourth-order valence-corrected chi connectivity index (χ4v) is 3.37. The quantitative estimate of drug-likeness (QED) is 0.511. The fraction of sp³-hybridized carbons (Fsp3) is 0.273. The van der Waals surface area contributed by atoms with Crippen molar-refractivity contribution in [2.75, 3.05) is 0 Å². The van der Waals surface area contributed by atoms with Crippen LogP contribution in [0.1, 0.15) is 35.7 Å². The van der Waals surface area contributed by atoms with Gasteiger partial charge in [-0.3, -0.25) is 10.2 Å². The number of rotatable bonds is 7. The van der Waals surface area contributed by atoms with E-state index in [4.69, 9.17) is 5.41 Å². The van der Waals surface area contributed by atoms with Crippen molar-refractivity contribution in [3.8, 4) is 0 Å². The van der Waals surface area contributed by atoms with Crippen molar-refractivity contribution in [2.45, 2.75) is 33.1 Å². The molecule has 0 unspecified atom stereocenters. The molecular weight excluding hydrogens is 333 g/mol. The van der Waals surface area contributed by atoms with Crippen LogP contribution in [0.2, 0.25) is 6.82 Å². The van der Waals surface area contributed by atoms with Crippen LogP contribution in [0.4, 0.5) is 0 Å². The summed E-state index contributed by atoms with van der Waals surface area (Å²) in [6.07, 6.45) is 6.41. The van der Waals surface area contributed by atoms with Gasteiger partial charge in [0, 0.05) is 18.2 Å². The highest BCUT2D eigenvalue weighted by Crippen LogP contribution is 2.19. The summed E-state index contributed by atoms with van der Waals surface area (Å²) < 4.78 is 3.65. The Kier molecular flexibility index (Phi) is 5.80. The maximum absolute atomic E-state index is 12.8. The average molecular weight is 359 g/mol. The van der Waals surface area contributed by atoms with Gasteiger partial charge in [-0.1, -0.05) is 74.2 Å². The predicted molar refractivity (Wildman–Crippen MR) is 114 cm³/mol. The smallest absolute Gasteiger partial charge is 0.203 e. The molecule has 0 fully saturated rings. The van der Waals surface area contributed by atoms with E-state index in [9.17, 15) is 4.79 Å². The first-order chi connectivity index (χ1) is 13.1. The minimum absolute atomic E-state index is 0.0237. The molecule has 0 aliphatic carbocycles. The second-order valence-corrected chi connectivity index (χ2v) is 6.85. The van der Waals surface area contributed by atoms with E-state index in [1.807, 2.05) is 48.0 Å². The molecule has 1 aromatic heterocycles. The molecule has 27 heavy (non-hydrogen) atoms. The number of unbranched alkanes of at least 4 members (excludes halogenated alkanes) is 1. The highest BCUT2D eigenvalue weighted by Gasteiger charge is 2.14. The summed E-state index contributed by atoms with van der Waals surface area (Å²) in [4.78, 5) is 12.8. The maximum atomic E-state index is 12.8. The Balaban J connectivity index is 1.99. The van der Waals surface area contributed by atoms with Crippen LogP contribution in [-0.4, -0.2) is 22.2 Å². The Hall–Kier alpha value is -2.82. The zero-order chi connectivity index (χ0) is 19.4. The number of hydrogen-bond donors (Lipinski definition) is 1. The number of nitrogens with one attached hydrogen (secondary N) is 1. The van der Waals surface area contributed by atoms with Gasteiger partial charge in [0.2, 0.25) is 5.62 Å². The van der Waals surface area contributed by atoms with Gasteiger partial charge in [0.15, 0.2) is 13.1 Å². The minimum atomic E-state index is 0.0237. The Morgan fingerprint density at radius 1 is 1.19 bits per heavy atom. The normalized spacial score (nSPS) is 11.4. The van der Waals surface area contributed by atoms with Crippen LogP contribution in [0, 0.1) is 5.41 Å². The molecule has 4 nitrogen and oxygen atoms in total. The number of Topliss-reactive ketones (excluding diaryl/α,β-unsaturated/α-hetero) is 1. The molecular formula is C22H26BN3O. The molecule has 0 amide bonds. The SMILES string of the molecule is CBc1ccc(C(=O)Cn2c(=N)n(C)c3c(/C=C/CCC)cccc32)cc1. The Bertz CT molecular complexity index is 1040. The van der Waals surface area contributed by atoms with Crippen LogP contribution < -0.4 is 11.1 Å². The largest absolute Gasteiger partial charge is 0.313 e. The molecule has 0 saturated carbocycles. The lowest BCUT2D eigenvalue weighted by Gasteiger charge is -2.05. The number of allylic oxidation sites excluding steroid dienone is 1. The Labute approximate surface area is 160 Å². The lowest BCUT2D eigenvalue weighted by atomic mass is 9.73. The van der Waals surface area contributed by atoms with E-state index in [0.717, 1.165) is 36.7 Å². The molecule has 0 aliphatic rings.